The lowest BCUT2D eigenvalue weighted by molar-refractivity contribution is -0.131. The lowest BCUT2D eigenvalue weighted by atomic mass is 10.1. The van der Waals surface area contributed by atoms with Crippen molar-refractivity contribution >= 4 is 39.6 Å². The summed E-state index contributed by atoms with van der Waals surface area (Å²) in [4.78, 5) is 24.5. The first-order valence-corrected chi connectivity index (χ1v) is 11.7. The number of hydrogen-bond donors (Lipinski definition) is 2. The highest BCUT2D eigenvalue weighted by atomic mass is 79.9. The maximum absolute atomic E-state index is 13.7. The van der Waals surface area contributed by atoms with Gasteiger partial charge in [0.05, 0.1) is 18.5 Å². The number of para-hydroxylation sites is 1. The van der Waals surface area contributed by atoms with Gasteiger partial charge in [-0.25, -0.2) is 9.82 Å². The van der Waals surface area contributed by atoms with Crippen molar-refractivity contribution in [2.75, 3.05) is 11.9 Å². The van der Waals surface area contributed by atoms with Crippen LogP contribution < -0.4 is 20.2 Å². The number of ether oxygens (including phenoxy) is 2. The van der Waals surface area contributed by atoms with E-state index < -0.39 is 23.5 Å². The van der Waals surface area contributed by atoms with E-state index in [4.69, 9.17) is 9.47 Å². The van der Waals surface area contributed by atoms with Gasteiger partial charge < -0.3 is 14.8 Å². The summed E-state index contributed by atoms with van der Waals surface area (Å²) in [6.45, 7) is 4.10. The Morgan fingerprint density at radius 2 is 1.77 bits per heavy atom. The second kappa shape index (κ2) is 12.7. The molecule has 0 aliphatic carbocycles. The summed E-state index contributed by atoms with van der Waals surface area (Å²) in [6, 6.07) is 18.8. The number of nitrogens with one attached hydrogen (secondary N) is 2. The maximum atomic E-state index is 13.7. The van der Waals surface area contributed by atoms with Gasteiger partial charge in [0.2, 0.25) is 5.91 Å². The molecule has 0 spiro atoms. The van der Waals surface area contributed by atoms with Gasteiger partial charge in [-0.15, -0.1) is 0 Å². The fourth-order valence-electron chi connectivity index (χ4n) is 2.92. The average molecular weight is 542 g/mol. The van der Waals surface area contributed by atoms with Crippen LogP contribution in [0.2, 0.25) is 0 Å². The van der Waals surface area contributed by atoms with Crippen molar-refractivity contribution in [3.8, 4) is 11.5 Å². The summed E-state index contributed by atoms with van der Waals surface area (Å²) in [5.74, 6) is -1.82. The minimum atomic E-state index is -1.08. The number of halogens is 2. The molecule has 0 fully saturated rings. The number of anilines is 1. The molecule has 0 aromatic heterocycles. The lowest BCUT2D eigenvalue weighted by Gasteiger charge is -2.13. The minimum absolute atomic E-state index is 0.00606. The van der Waals surface area contributed by atoms with E-state index in [1.165, 1.54) is 31.3 Å². The first-order valence-electron chi connectivity index (χ1n) is 10.9. The summed E-state index contributed by atoms with van der Waals surface area (Å²) < 4.78 is 26.3. The van der Waals surface area contributed by atoms with Crippen LogP contribution in [0.3, 0.4) is 0 Å². The summed E-state index contributed by atoms with van der Waals surface area (Å²) in [5.41, 5.74) is 4.01. The van der Waals surface area contributed by atoms with Gasteiger partial charge in [0.25, 0.3) is 5.91 Å². The molecule has 182 valence electrons. The molecule has 0 aliphatic rings. The first kappa shape index (κ1) is 25.9. The highest BCUT2D eigenvalue weighted by molar-refractivity contribution is 9.10. The maximum Gasteiger partial charge on any atom is 0.252 e. The molecular formula is C26H25BrFN3O4. The van der Waals surface area contributed by atoms with Crippen molar-refractivity contribution in [3.05, 3.63) is 88.1 Å². The van der Waals surface area contributed by atoms with E-state index in [1.807, 2.05) is 31.2 Å². The Morgan fingerprint density at radius 3 is 2.49 bits per heavy atom. The molecule has 2 amide bonds. The van der Waals surface area contributed by atoms with Crippen molar-refractivity contribution in [2.45, 2.75) is 20.5 Å². The number of nitrogens with zero attached hydrogens (tertiary/aromatic N) is 1. The Balaban J connectivity index is 1.58. The Kier molecular flexibility index (Phi) is 9.37. The third-order valence-corrected chi connectivity index (χ3v) is 5.41. The summed E-state index contributed by atoms with van der Waals surface area (Å²) in [5, 5.41) is 6.32. The molecule has 0 aliphatic heterocycles. The topological polar surface area (TPSA) is 89.0 Å². The van der Waals surface area contributed by atoms with Gasteiger partial charge in [0.15, 0.2) is 11.5 Å². The van der Waals surface area contributed by atoms with E-state index in [9.17, 15) is 14.0 Å². The zero-order valence-corrected chi connectivity index (χ0v) is 20.8. The summed E-state index contributed by atoms with van der Waals surface area (Å²) in [7, 11) is 0. The zero-order valence-electron chi connectivity index (χ0n) is 19.3. The fourth-order valence-corrected chi connectivity index (χ4v) is 3.19. The quantitative estimate of drug-likeness (QED) is 0.207. The van der Waals surface area contributed by atoms with Crippen LogP contribution in [-0.2, 0) is 16.2 Å². The van der Waals surface area contributed by atoms with E-state index in [-0.39, 0.29) is 5.69 Å². The number of rotatable bonds is 10. The van der Waals surface area contributed by atoms with Crippen molar-refractivity contribution in [1.29, 1.82) is 0 Å². The van der Waals surface area contributed by atoms with Gasteiger partial charge in [0.1, 0.15) is 18.3 Å². The van der Waals surface area contributed by atoms with Crippen LogP contribution in [0.4, 0.5) is 10.1 Å². The number of carbonyl (C=O) groups excluding carboxylic acids is 2. The van der Waals surface area contributed by atoms with Crippen LogP contribution in [0.25, 0.3) is 0 Å². The van der Waals surface area contributed by atoms with Gasteiger partial charge >= 0.3 is 0 Å². The molecule has 9 heteroatoms. The Bertz CT molecular complexity index is 1200. The molecule has 1 unspecified atom stereocenters. The molecule has 3 rings (SSSR count). The monoisotopic (exact) mass is 541 g/mol. The Morgan fingerprint density at radius 1 is 1.03 bits per heavy atom. The van der Waals surface area contributed by atoms with Crippen molar-refractivity contribution in [2.24, 2.45) is 11.0 Å². The molecule has 2 N–H and O–H groups in total. The molecule has 0 heterocycles. The fraction of sp³-hybridized carbons (Fsp3) is 0.192. The third kappa shape index (κ3) is 7.65. The third-order valence-electron chi connectivity index (χ3n) is 4.88. The Hall–Kier alpha value is -3.72. The average Bonchev–Trinajstić information content (AvgIpc) is 2.85. The smallest absolute Gasteiger partial charge is 0.252 e. The lowest BCUT2D eigenvalue weighted by Crippen LogP contribution is -2.34. The van der Waals surface area contributed by atoms with Crippen LogP contribution in [0.1, 0.15) is 25.0 Å². The van der Waals surface area contributed by atoms with Crippen molar-refractivity contribution in [3.63, 3.8) is 0 Å². The predicted octanol–water partition coefficient (Wildman–Crippen LogP) is 5.29. The molecule has 0 saturated heterocycles. The SMILES string of the molecule is CCOc1cc(C=NNC(=O)C(C)C(=O)Nc2ccccc2F)ccc1OCc1ccc(Br)cc1. The van der Waals surface area contributed by atoms with Crippen molar-refractivity contribution < 1.29 is 23.5 Å². The van der Waals surface area contributed by atoms with Crippen LogP contribution in [0, 0.1) is 11.7 Å². The molecule has 3 aromatic carbocycles. The summed E-state index contributed by atoms with van der Waals surface area (Å²) >= 11 is 3.41. The number of amides is 2. The molecular weight excluding hydrogens is 517 g/mol. The van der Waals surface area contributed by atoms with Gasteiger partial charge in [-0.05, 0) is 67.4 Å². The predicted molar refractivity (Wildman–Crippen MR) is 136 cm³/mol. The first-order chi connectivity index (χ1) is 16.9. The molecule has 0 radical (unpaired) electrons. The molecule has 3 aromatic rings. The number of hydrogen-bond acceptors (Lipinski definition) is 5. The van der Waals surface area contributed by atoms with Crippen molar-refractivity contribution in [1.82, 2.24) is 5.43 Å². The Labute approximate surface area is 211 Å². The zero-order chi connectivity index (χ0) is 25.2. The number of hydrazone groups is 1. The van der Waals surface area contributed by atoms with E-state index in [0.29, 0.717) is 30.3 Å². The second-order valence-corrected chi connectivity index (χ2v) is 8.40. The highest BCUT2D eigenvalue weighted by Gasteiger charge is 2.22. The van der Waals surface area contributed by atoms with E-state index >= 15 is 0 Å². The van der Waals surface area contributed by atoms with Gasteiger partial charge in [-0.2, -0.15) is 5.10 Å². The summed E-state index contributed by atoms with van der Waals surface area (Å²) in [6.07, 6.45) is 1.43. The van der Waals surface area contributed by atoms with Gasteiger partial charge in [-0.1, -0.05) is 40.2 Å². The van der Waals surface area contributed by atoms with E-state index in [2.05, 4.69) is 31.8 Å². The van der Waals surface area contributed by atoms with E-state index in [1.54, 1.807) is 24.3 Å². The molecule has 0 bridgehead atoms. The molecule has 7 nitrogen and oxygen atoms in total. The van der Waals surface area contributed by atoms with Gasteiger partial charge in [0, 0.05) is 4.47 Å². The number of benzene rings is 3. The second-order valence-electron chi connectivity index (χ2n) is 7.48. The van der Waals surface area contributed by atoms with Crippen LogP contribution in [-0.4, -0.2) is 24.6 Å². The standard InChI is InChI=1S/C26H25BrFN3O4/c1-3-34-24-14-19(10-13-23(24)35-16-18-8-11-20(27)12-9-18)15-29-31-26(33)17(2)25(32)30-22-7-5-4-6-21(22)28/h4-15,17H,3,16H2,1-2H3,(H,30,32)(H,31,33). The minimum Gasteiger partial charge on any atom is -0.490 e. The largest absolute Gasteiger partial charge is 0.490 e. The van der Waals surface area contributed by atoms with Gasteiger partial charge in [-0.3, -0.25) is 9.59 Å². The molecule has 1 atom stereocenters. The normalized spacial score (nSPS) is 11.7. The van der Waals surface area contributed by atoms with E-state index in [0.717, 1.165) is 10.0 Å². The molecule has 0 saturated carbocycles. The van der Waals surface area contributed by atoms with Crippen LogP contribution in [0.15, 0.2) is 76.3 Å². The van der Waals surface area contributed by atoms with Crippen LogP contribution in [0.5, 0.6) is 11.5 Å². The van der Waals surface area contributed by atoms with Crippen LogP contribution >= 0.6 is 15.9 Å². The number of carbonyl (C=O) groups is 2. The highest BCUT2D eigenvalue weighted by Crippen LogP contribution is 2.29. The molecule has 35 heavy (non-hydrogen) atoms.